The van der Waals surface area contributed by atoms with Crippen LogP contribution >= 0.6 is 0 Å². The summed E-state index contributed by atoms with van der Waals surface area (Å²) in [7, 11) is 1.55. The average Bonchev–Trinajstić information content (AvgIpc) is 2.67. The lowest BCUT2D eigenvalue weighted by molar-refractivity contribution is 0.00176. The van der Waals surface area contributed by atoms with Crippen LogP contribution in [0.1, 0.15) is 52.7 Å². The lowest BCUT2D eigenvalue weighted by atomic mass is 9.83. The third-order valence-corrected chi connectivity index (χ3v) is 6.48. The van der Waals surface area contributed by atoms with Crippen molar-refractivity contribution < 1.29 is 23.6 Å². The van der Waals surface area contributed by atoms with Gasteiger partial charge >= 0.3 is 6.09 Å². The highest BCUT2D eigenvalue weighted by Crippen LogP contribution is 2.40. The summed E-state index contributed by atoms with van der Waals surface area (Å²) in [6, 6.07) is 3.55. The Morgan fingerprint density at radius 2 is 2.07 bits per heavy atom. The van der Waals surface area contributed by atoms with Crippen LogP contribution in [0, 0.1) is 0 Å². The summed E-state index contributed by atoms with van der Waals surface area (Å²) in [5.41, 5.74) is 0.719. The van der Waals surface area contributed by atoms with Crippen LogP contribution in [-0.4, -0.2) is 63.4 Å². The van der Waals surface area contributed by atoms with Gasteiger partial charge in [-0.05, 0) is 33.8 Å². The number of aromatic nitrogens is 1. The predicted octanol–water partition coefficient (Wildman–Crippen LogP) is 3.12. The molecule has 29 heavy (non-hydrogen) atoms. The molecule has 3 rings (SSSR count). The second-order valence-corrected chi connectivity index (χ2v) is 10.2. The minimum absolute atomic E-state index is 0.298. The summed E-state index contributed by atoms with van der Waals surface area (Å²) >= 11 is -1.42. The van der Waals surface area contributed by atoms with Crippen LogP contribution in [0.2, 0.25) is 0 Å². The van der Waals surface area contributed by atoms with E-state index in [2.05, 4.69) is 9.38 Å². The topological polar surface area (TPSA) is 96.3 Å². The highest BCUT2D eigenvalue weighted by molar-refractivity contribution is 7.91. The van der Waals surface area contributed by atoms with Crippen molar-refractivity contribution in [3.8, 4) is 11.6 Å². The van der Waals surface area contributed by atoms with Crippen LogP contribution in [0.15, 0.2) is 16.5 Å². The Labute approximate surface area is 175 Å². The zero-order valence-corrected chi connectivity index (χ0v) is 18.5. The second-order valence-electron chi connectivity index (χ2n) is 8.25. The molecule has 0 aliphatic carbocycles. The van der Waals surface area contributed by atoms with Crippen molar-refractivity contribution in [2.45, 2.75) is 57.3 Å². The van der Waals surface area contributed by atoms with Crippen molar-refractivity contribution in [3.05, 3.63) is 17.8 Å². The molecule has 1 fully saturated rings. The van der Waals surface area contributed by atoms with Gasteiger partial charge in [0.05, 0.1) is 13.7 Å². The average molecular weight is 424 g/mol. The molecule has 1 aromatic rings. The second kappa shape index (κ2) is 8.39. The molecule has 0 saturated carbocycles. The fourth-order valence-electron chi connectivity index (χ4n) is 3.39. The zero-order valence-electron chi connectivity index (χ0n) is 17.7. The van der Waals surface area contributed by atoms with Crippen LogP contribution in [0.4, 0.5) is 4.79 Å². The van der Waals surface area contributed by atoms with Crippen LogP contribution in [-0.2, 0) is 16.1 Å². The number of hydrogen-bond donors (Lipinski definition) is 0. The summed E-state index contributed by atoms with van der Waals surface area (Å²) in [4.78, 5) is 18.2. The highest BCUT2D eigenvalue weighted by atomic mass is 32.2. The van der Waals surface area contributed by atoms with Gasteiger partial charge in [-0.2, -0.15) is 0 Å². The molecule has 2 aliphatic heterocycles. The van der Waals surface area contributed by atoms with Crippen LogP contribution in [0.3, 0.4) is 0 Å². The van der Waals surface area contributed by atoms with Crippen molar-refractivity contribution in [2.24, 2.45) is 4.40 Å². The molecule has 0 bridgehead atoms. The number of carbonyl (C=O) groups excluding carboxylic acids is 1. The number of hydrogen-bond acceptors (Lipinski definition) is 7. The summed E-state index contributed by atoms with van der Waals surface area (Å²) in [6.07, 6.45) is 1.46. The van der Waals surface area contributed by atoms with E-state index < -0.39 is 21.7 Å². The first-order chi connectivity index (χ1) is 13.7. The zero-order chi connectivity index (χ0) is 21.2. The van der Waals surface area contributed by atoms with Gasteiger partial charge in [0, 0.05) is 38.4 Å². The van der Waals surface area contributed by atoms with Gasteiger partial charge in [-0.25, -0.2) is 9.78 Å². The molecule has 1 aromatic heterocycles. The molecule has 1 atom stereocenters. The number of amides is 1. The standard InChI is InChI=1S/C20H29N3O5S/c1-6-27-18(24)23-11-9-20(10-12-23)13-14(22-29(25)19(2,3)4)17-15(28-20)7-8-16(21-17)26-5/h7-8H,6,9-13H2,1-5H3. The fourth-order valence-corrected chi connectivity index (χ4v) is 4.02. The van der Waals surface area contributed by atoms with Crippen molar-refractivity contribution in [3.63, 3.8) is 0 Å². The van der Waals surface area contributed by atoms with Gasteiger partial charge < -0.3 is 23.7 Å². The summed E-state index contributed by atoms with van der Waals surface area (Å²) in [6.45, 7) is 8.89. The van der Waals surface area contributed by atoms with Gasteiger partial charge in [0.1, 0.15) is 38.9 Å². The molecule has 1 amide bonds. The Kier molecular flexibility index (Phi) is 6.28. The molecule has 8 nitrogen and oxygen atoms in total. The third kappa shape index (κ3) is 4.78. The van der Waals surface area contributed by atoms with Crippen molar-refractivity contribution in [2.75, 3.05) is 26.8 Å². The molecule has 2 aliphatic rings. The SMILES string of the molecule is CCOC(=O)N1CCC2(CC1)CC(=N[S+]([O-])C(C)(C)C)c1nc(OC)ccc1O2. The van der Waals surface area contributed by atoms with Crippen molar-refractivity contribution >= 4 is 23.2 Å². The Morgan fingerprint density at radius 3 is 2.66 bits per heavy atom. The Morgan fingerprint density at radius 1 is 1.38 bits per heavy atom. The molecule has 9 heteroatoms. The molecule has 1 unspecified atom stereocenters. The number of rotatable bonds is 3. The summed E-state index contributed by atoms with van der Waals surface area (Å²) < 4.78 is 33.5. The summed E-state index contributed by atoms with van der Waals surface area (Å²) in [5.74, 6) is 1.06. The number of fused-ring (bicyclic) bond motifs is 1. The van der Waals surface area contributed by atoms with E-state index in [1.165, 1.54) is 0 Å². The molecule has 3 heterocycles. The Bertz CT molecular complexity index is 785. The van der Waals surface area contributed by atoms with E-state index in [9.17, 15) is 9.35 Å². The molecule has 160 valence electrons. The monoisotopic (exact) mass is 423 g/mol. The number of pyridine rings is 1. The first kappa shape index (κ1) is 21.7. The van der Waals surface area contributed by atoms with Gasteiger partial charge in [0.25, 0.3) is 0 Å². The molecule has 0 N–H and O–H groups in total. The van der Waals surface area contributed by atoms with Gasteiger partial charge in [-0.3, -0.25) is 0 Å². The molecule has 1 spiro atoms. The maximum Gasteiger partial charge on any atom is 0.409 e. The first-order valence-corrected chi connectivity index (χ1v) is 10.9. The number of carbonyl (C=O) groups is 1. The number of ether oxygens (including phenoxy) is 3. The number of nitrogens with zero attached hydrogens (tertiary/aromatic N) is 3. The molecular formula is C20H29N3O5S. The van der Waals surface area contributed by atoms with E-state index in [0.29, 0.717) is 62.0 Å². The summed E-state index contributed by atoms with van der Waals surface area (Å²) in [5, 5.41) is 0. The van der Waals surface area contributed by atoms with Crippen LogP contribution in [0.5, 0.6) is 11.6 Å². The maximum atomic E-state index is 12.7. The van der Waals surface area contributed by atoms with Gasteiger partial charge in [0.2, 0.25) is 5.88 Å². The van der Waals surface area contributed by atoms with Crippen LogP contribution in [0.25, 0.3) is 0 Å². The number of piperidine rings is 1. The Balaban J connectivity index is 1.90. The number of methoxy groups -OCH3 is 1. The lowest BCUT2D eigenvalue weighted by Crippen LogP contribution is -2.52. The number of likely N-dealkylation sites (tertiary alicyclic amines) is 1. The van der Waals surface area contributed by atoms with E-state index >= 15 is 0 Å². The smallest absolute Gasteiger partial charge is 0.409 e. The molecule has 0 radical (unpaired) electrons. The quantitative estimate of drug-likeness (QED) is 0.693. The fraction of sp³-hybridized carbons (Fsp3) is 0.650. The largest absolute Gasteiger partial charge is 0.591 e. The van der Waals surface area contributed by atoms with Crippen molar-refractivity contribution in [1.29, 1.82) is 0 Å². The molecule has 1 saturated heterocycles. The van der Waals surface area contributed by atoms with Gasteiger partial charge in [-0.1, -0.05) is 4.40 Å². The van der Waals surface area contributed by atoms with E-state index in [0.717, 1.165) is 0 Å². The van der Waals surface area contributed by atoms with Gasteiger partial charge in [-0.15, -0.1) is 0 Å². The van der Waals surface area contributed by atoms with E-state index in [-0.39, 0.29) is 6.09 Å². The third-order valence-electron chi connectivity index (χ3n) is 5.05. The molecule has 0 aromatic carbocycles. The van der Waals surface area contributed by atoms with Crippen LogP contribution < -0.4 is 9.47 Å². The first-order valence-electron chi connectivity index (χ1n) is 9.83. The van der Waals surface area contributed by atoms with Crippen molar-refractivity contribution in [1.82, 2.24) is 9.88 Å². The van der Waals surface area contributed by atoms with E-state index in [1.54, 1.807) is 25.0 Å². The molecular weight excluding hydrogens is 394 g/mol. The lowest BCUT2D eigenvalue weighted by Gasteiger charge is -2.43. The normalized spacial score (nSPS) is 20.8. The van der Waals surface area contributed by atoms with Gasteiger partial charge in [0.15, 0.2) is 0 Å². The maximum absolute atomic E-state index is 12.7. The minimum atomic E-state index is -1.42. The highest BCUT2D eigenvalue weighted by Gasteiger charge is 2.45. The Hall–Kier alpha value is -2.00. The minimum Gasteiger partial charge on any atom is -0.591 e. The van der Waals surface area contributed by atoms with E-state index in [4.69, 9.17) is 14.2 Å². The van der Waals surface area contributed by atoms with E-state index in [1.807, 2.05) is 26.8 Å². The predicted molar refractivity (Wildman–Crippen MR) is 111 cm³/mol.